The molecule has 2 fully saturated rings. The maximum atomic E-state index is 12.1. The van der Waals surface area contributed by atoms with Crippen molar-refractivity contribution >= 4 is 23.5 Å². The number of anilines is 1. The van der Waals surface area contributed by atoms with Crippen molar-refractivity contribution in [2.75, 3.05) is 18.5 Å². The molecule has 2 saturated carbocycles. The molecule has 0 saturated heterocycles. The van der Waals surface area contributed by atoms with Gasteiger partial charge >= 0.3 is 6.01 Å². The molecular weight excluding hydrogens is 380 g/mol. The lowest BCUT2D eigenvalue weighted by Gasteiger charge is -2.56. The minimum atomic E-state index is -0.0887. The van der Waals surface area contributed by atoms with E-state index in [4.69, 9.17) is 20.8 Å². The topological polar surface area (TPSA) is 89.3 Å². The molecule has 7 nitrogen and oxygen atoms in total. The van der Waals surface area contributed by atoms with Gasteiger partial charge in [0.15, 0.2) is 6.61 Å². The molecule has 4 rings (SSSR count). The molecule has 1 amide bonds. The van der Waals surface area contributed by atoms with Crippen molar-refractivity contribution in [1.82, 2.24) is 15.5 Å². The molecule has 1 aromatic heterocycles. The average molecular weight is 405 g/mol. The predicted octanol–water partition coefficient (Wildman–Crippen LogP) is 3.77. The summed E-state index contributed by atoms with van der Waals surface area (Å²) in [6, 6.07) is 7.73. The van der Waals surface area contributed by atoms with Gasteiger partial charge < -0.3 is 19.8 Å². The molecule has 2 aromatic rings. The minimum Gasteiger partial charge on any atom is -0.484 e. The molecule has 0 bridgehead atoms. The molecule has 1 spiro atoms. The van der Waals surface area contributed by atoms with Gasteiger partial charge in [0.05, 0.1) is 0 Å². The lowest BCUT2D eigenvalue weighted by molar-refractivity contribution is -0.127. The number of nitrogens with one attached hydrogen (secondary N) is 2. The van der Waals surface area contributed by atoms with Crippen LogP contribution in [0.2, 0.25) is 5.02 Å². The van der Waals surface area contributed by atoms with Crippen LogP contribution in [0.25, 0.3) is 0 Å². The van der Waals surface area contributed by atoms with E-state index in [2.05, 4.69) is 27.8 Å². The summed E-state index contributed by atoms with van der Waals surface area (Å²) >= 11 is 5.84. The van der Waals surface area contributed by atoms with Gasteiger partial charge in [-0.1, -0.05) is 23.6 Å². The van der Waals surface area contributed by atoms with Crippen LogP contribution in [0.15, 0.2) is 28.7 Å². The number of halogens is 1. The fourth-order valence-corrected chi connectivity index (χ4v) is 4.36. The highest BCUT2D eigenvalue weighted by Crippen LogP contribution is 2.61. The van der Waals surface area contributed by atoms with Crippen molar-refractivity contribution in [3.63, 3.8) is 0 Å². The molecule has 8 heteroatoms. The molecule has 2 N–H and O–H groups in total. The van der Waals surface area contributed by atoms with E-state index < -0.39 is 0 Å². The van der Waals surface area contributed by atoms with Crippen LogP contribution in [0.1, 0.15) is 50.8 Å². The number of aromatic nitrogens is 2. The highest BCUT2D eigenvalue weighted by Gasteiger charge is 2.54. The van der Waals surface area contributed by atoms with E-state index >= 15 is 0 Å². The van der Waals surface area contributed by atoms with Crippen LogP contribution in [0.3, 0.4) is 0 Å². The summed E-state index contributed by atoms with van der Waals surface area (Å²) < 4.78 is 11.2. The SMILES string of the molecule is CCCNc1nnc(C2CC3(CC(NC(=O)COc4ccc(Cl)cc4)C3)C2)o1. The third kappa shape index (κ3) is 4.24. The first-order chi connectivity index (χ1) is 13.5. The average Bonchev–Trinajstić information content (AvgIpc) is 3.08. The third-order valence-corrected chi connectivity index (χ3v) is 5.83. The molecule has 0 atom stereocenters. The van der Waals surface area contributed by atoms with Crippen LogP contribution < -0.4 is 15.4 Å². The van der Waals surface area contributed by atoms with Gasteiger partial charge in [0.1, 0.15) is 5.75 Å². The fourth-order valence-electron chi connectivity index (χ4n) is 4.23. The largest absolute Gasteiger partial charge is 0.484 e. The van der Waals surface area contributed by atoms with Crippen molar-refractivity contribution in [3.8, 4) is 5.75 Å². The first-order valence-corrected chi connectivity index (χ1v) is 10.2. The van der Waals surface area contributed by atoms with E-state index in [9.17, 15) is 4.79 Å². The van der Waals surface area contributed by atoms with E-state index in [1.165, 1.54) is 0 Å². The second-order valence-corrected chi connectivity index (χ2v) is 8.33. The molecule has 0 unspecified atom stereocenters. The Bertz CT molecular complexity index is 809. The Balaban J connectivity index is 1.16. The van der Waals surface area contributed by atoms with Crippen LogP contribution in [0.5, 0.6) is 5.75 Å². The quantitative estimate of drug-likeness (QED) is 0.696. The van der Waals surface area contributed by atoms with Gasteiger partial charge in [0.25, 0.3) is 5.91 Å². The number of hydrogen-bond donors (Lipinski definition) is 2. The van der Waals surface area contributed by atoms with Crippen LogP contribution in [-0.2, 0) is 4.79 Å². The second kappa shape index (κ2) is 7.99. The summed E-state index contributed by atoms with van der Waals surface area (Å²) in [5.74, 6) is 1.62. The normalized spacial score (nSPS) is 25.6. The first-order valence-electron chi connectivity index (χ1n) is 9.80. The van der Waals surface area contributed by atoms with Gasteiger partial charge in [0.2, 0.25) is 5.89 Å². The summed E-state index contributed by atoms with van der Waals surface area (Å²) in [7, 11) is 0. The van der Waals surface area contributed by atoms with Crippen molar-refractivity contribution < 1.29 is 13.9 Å². The summed E-state index contributed by atoms with van der Waals surface area (Å²) in [5.41, 5.74) is 0.325. The Morgan fingerprint density at radius 2 is 2.00 bits per heavy atom. The number of carbonyl (C=O) groups is 1. The summed E-state index contributed by atoms with van der Waals surface area (Å²) in [6.45, 7) is 2.94. The standard InChI is InChI=1S/C20H25ClN4O3/c1-2-7-22-19-25-24-18(28-19)13-8-20(9-13)10-15(11-20)23-17(26)12-27-16-5-3-14(21)4-6-16/h3-6,13,15H,2,7-12H2,1H3,(H,22,25)(H,23,26). The third-order valence-electron chi connectivity index (χ3n) is 5.58. The zero-order chi connectivity index (χ0) is 19.6. The van der Waals surface area contributed by atoms with Crippen molar-refractivity contribution in [3.05, 3.63) is 35.2 Å². The predicted molar refractivity (Wildman–Crippen MR) is 106 cm³/mol. The molecule has 28 heavy (non-hydrogen) atoms. The second-order valence-electron chi connectivity index (χ2n) is 7.89. The highest BCUT2D eigenvalue weighted by atomic mass is 35.5. The Labute approximate surface area is 169 Å². The summed E-state index contributed by atoms with van der Waals surface area (Å²) in [5, 5.41) is 15.0. The van der Waals surface area contributed by atoms with Gasteiger partial charge in [0, 0.05) is 23.5 Å². The van der Waals surface area contributed by atoms with Crippen LogP contribution >= 0.6 is 11.6 Å². The van der Waals surface area contributed by atoms with Crippen molar-refractivity contribution in [1.29, 1.82) is 0 Å². The van der Waals surface area contributed by atoms with E-state index in [1.807, 2.05) is 0 Å². The number of carbonyl (C=O) groups excluding carboxylic acids is 1. The van der Waals surface area contributed by atoms with E-state index in [0.29, 0.717) is 28.1 Å². The molecule has 0 radical (unpaired) electrons. The molecule has 2 aliphatic rings. The van der Waals surface area contributed by atoms with E-state index in [0.717, 1.165) is 44.5 Å². The van der Waals surface area contributed by atoms with Gasteiger partial charge in [-0.2, -0.15) is 0 Å². The van der Waals surface area contributed by atoms with E-state index in [-0.39, 0.29) is 18.6 Å². The molecule has 1 heterocycles. The lowest BCUT2D eigenvalue weighted by atomic mass is 9.50. The molecule has 2 aliphatic carbocycles. The number of benzene rings is 1. The number of nitrogens with zero attached hydrogens (tertiary/aromatic N) is 2. The maximum absolute atomic E-state index is 12.1. The Hall–Kier alpha value is -2.28. The van der Waals surface area contributed by atoms with E-state index in [1.54, 1.807) is 24.3 Å². The zero-order valence-corrected chi connectivity index (χ0v) is 16.7. The Kier molecular flexibility index (Phi) is 5.44. The number of amides is 1. The molecule has 150 valence electrons. The van der Waals surface area contributed by atoms with Crippen molar-refractivity contribution in [2.45, 2.75) is 51.0 Å². The number of hydrogen-bond acceptors (Lipinski definition) is 6. The minimum absolute atomic E-state index is 0.0171. The van der Waals surface area contributed by atoms with Crippen molar-refractivity contribution in [2.24, 2.45) is 5.41 Å². The smallest absolute Gasteiger partial charge is 0.315 e. The van der Waals surface area contributed by atoms with Crippen LogP contribution in [-0.4, -0.2) is 35.3 Å². The molecular formula is C20H25ClN4O3. The number of rotatable bonds is 8. The van der Waals surface area contributed by atoms with Gasteiger partial charge in [-0.05, 0) is 61.8 Å². The van der Waals surface area contributed by atoms with Gasteiger partial charge in [-0.15, -0.1) is 5.10 Å². The summed E-state index contributed by atoms with van der Waals surface area (Å²) in [6.07, 6.45) is 5.13. The highest BCUT2D eigenvalue weighted by molar-refractivity contribution is 6.30. The monoisotopic (exact) mass is 404 g/mol. The molecule has 0 aliphatic heterocycles. The van der Waals surface area contributed by atoms with Gasteiger partial charge in [-0.25, -0.2) is 0 Å². The molecule has 1 aromatic carbocycles. The van der Waals surface area contributed by atoms with Gasteiger partial charge in [-0.3, -0.25) is 4.79 Å². The first kappa shape index (κ1) is 19.1. The summed E-state index contributed by atoms with van der Waals surface area (Å²) in [4.78, 5) is 12.1. The lowest BCUT2D eigenvalue weighted by Crippen LogP contribution is -2.56. The number of ether oxygens (including phenoxy) is 1. The zero-order valence-electron chi connectivity index (χ0n) is 15.9. The van der Waals surface area contributed by atoms with Crippen LogP contribution in [0.4, 0.5) is 6.01 Å². The fraction of sp³-hybridized carbons (Fsp3) is 0.550. The maximum Gasteiger partial charge on any atom is 0.315 e. The Morgan fingerprint density at radius 3 is 2.71 bits per heavy atom. The van der Waals surface area contributed by atoms with Crippen LogP contribution in [0, 0.1) is 5.41 Å². The Morgan fingerprint density at radius 1 is 1.25 bits per heavy atom.